The van der Waals surface area contributed by atoms with Gasteiger partial charge in [-0.2, -0.15) is 11.8 Å². The molecule has 0 spiro atoms. The average Bonchev–Trinajstić information content (AvgIpc) is 2.37. The van der Waals surface area contributed by atoms with E-state index in [1.165, 1.54) is 5.69 Å². The molecule has 0 amide bonds. The van der Waals surface area contributed by atoms with E-state index < -0.39 is 0 Å². The smallest absolute Gasteiger partial charge is 0.0787 e. The van der Waals surface area contributed by atoms with Gasteiger partial charge in [-0.05, 0) is 37.3 Å². The van der Waals surface area contributed by atoms with Crippen molar-refractivity contribution in [2.45, 2.75) is 32.4 Å². The van der Waals surface area contributed by atoms with Crippen LogP contribution in [0.5, 0.6) is 0 Å². The Balaban J connectivity index is 2.73. The summed E-state index contributed by atoms with van der Waals surface area (Å²) in [6.07, 6.45) is 2.56. The third-order valence-electron chi connectivity index (χ3n) is 3.14. The first-order chi connectivity index (χ1) is 8.10. The first kappa shape index (κ1) is 14.4. The standard InChI is InChI=1S/C14H23NOS/c1-5-14(16)12-6-8-13(9-7-12)15(3)11(2)10-17-4/h6-9,11,14,16H,5,10H2,1-4H3. The fourth-order valence-electron chi connectivity index (χ4n) is 1.77. The van der Waals surface area contributed by atoms with Crippen molar-refractivity contribution in [2.75, 3.05) is 24.0 Å². The number of benzene rings is 1. The molecule has 2 unspecified atom stereocenters. The van der Waals surface area contributed by atoms with Crippen molar-refractivity contribution < 1.29 is 5.11 Å². The number of rotatable bonds is 6. The molecule has 2 atom stereocenters. The van der Waals surface area contributed by atoms with E-state index in [9.17, 15) is 5.11 Å². The minimum atomic E-state index is -0.335. The molecule has 2 nitrogen and oxygen atoms in total. The van der Waals surface area contributed by atoms with Crippen LogP contribution in [-0.4, -0.2) is 30.2 Å². The zero-order valence-electron chi connectivity index (χ0n) is 11.2. The highest BCUT2D eigenvalue weighted by atomic mass is 32.2. The summed E-state index contributed by atoms with van der Waals surface area (Å²) in [5.74, 6) is 1.12. The van der Waals surface area contributed by atoms with E-state index in [1.54, 1.807) is 0 Å². The molecule has 0 bridgehead atoms. The molecule has 0 aliphatic rings. The van der Waals surface area contributed by atoms with E-state index in [4.69, 9.17) is 0 Å². The summed E-state index contributed by atoms with van der Waals surface area (Å²) in [6.45, 7) is 4.22. The van der Waals surface area contributed by atoms with E-state index >= 15 is 0 Å². The van der Waals surface area contributed by atoms with E-state index in [1.807, 2.05) is 30.8 Å². The van der Waals surface area contributed by atoms with E-state index in [-0.39, 0.29) is 6.10 Å². The Labute approximate surface area is 109 Å². The first-order valence-electron chi connectivity index (χ1n) is 6.10. The maximum absolute atomic E-state index is 9.74. The Morgan fingerprint density at radius 2 is 1.88 bits per heavy atom. The van der Waals surface area contributed by atoms with Gasteiger partial charge in [-0.15, -0.1) is 0 Å². The highest BCUT2D eigenvalue weighted by molar-refractivity contribution is 7.98. The number of hydrogen-bond acceptors (Lipinski definition) is 3. The summed E-state index contributed by atoms with van der Waals surface area (Å²) >= 11 is 1.86. The minimum absolute atomic E-state index is 0.335. The molecule has 1 aromatic rings. The summed E-state index contributed by atoms with van der Waals surface area (Å²) in [6, 6.07) is 8.74. The molecule has 1 rings (SSSR count). The average molecular weight is 253 g/mol. The van der Waals surface area contributed by atoms with Crippen molar-refractivity contribution in [3.63, 3.8) is 0 Å². The maximum Gasteiger partial charge on any atom is 0.0787 e. The van der Waals surface area contributed by atoms with Crippen LogP contribution in [0.1, 0.15) is 31.9 Å². The SMILES string of the molecule is CCC(O)c1ccc(N(C)C(C)CSC)cc1. The lowest BCUT2D eigenvalue weighted by atomic mass is 10.1. The predicted octanol–water partition coefficient (Wildman–Crippen LogP) is 3.32. The largest absolute Gasteiger partial charge is 0.388 e. The van der Waals surface area contributed by atoms with Gasteiger partial charge < -0.3 is 10.0 Å². The van der Waals surface area contributed by atoms with Gasteiger partial charge in [-0.3, -0.25) is 0 Å². The van der Waals surface area contributed by atoms with Crippen molar-refractivity contribution in [1.29, 1.82) is 0 Å². The van der Waals surface area contributed by atoms with Gasteiger partial charge in [0.05, 0.1) is 6.10 Å². The number of anilines is 1. The number of aliphatic hydroxyl groups is 1. The van der Waals surface area contributed by atoms with Crippen molar-refractivity contribution in [2.24, 2.45) is 0 Å². The maximum atomic E-state index is 9.74. The minimum Gasteiger partial charge on any atom is -0.388 e. The third kappa shape index (κ3) is 3.93. The Bertz CT molecular complexity index is 325. The fourth-order valence-corrected chi connectivity index (χ4v) is 2.48. The monoisotopic (exact) mass is 253 g/mol. The van der Waals surface area contributed by atoms with Gasteiger partial charge in [-0.1, -0.05) is 19.1 Å². The Hall–Kier alpha value is -0.670. The molecular weight excluding hydrogens is 230 g/mol. The van der Waals surface area contributed by atoms with Gasteiger partial charge >= 0.3 is 0 Å². The number of hydrogen-bond donors (Lipinski definition) is 1. The van der Waals surface area contributed by atoms with Crippen LogP contribution < -0.4 is 4.90 Å². The van der Waals surface area contributed by atoms with E-state index in [0.29, 0.717) is 6.04 Å². The van der Waals surface area contributed by atoms with E-state index in [2.05, 4.69) is 37.3 Å². The van der Waals surface area contributed by atoms with Crippen molar-refractivity contribution in [3.05, 3.63) is 29.8 Å². The van der Waals surface area contributed by atoms with Crippen LogP contribution in [0.15, 0.2) is 24.3 Å². The van der Waals surface area contributed by atoms with Gasteiger partial charge in [0.2, 0.25) is 0 Å². The summed E-state index contributed by atoms with van der Waals surface area (Å²) in [4.78, 5) is 2.28. The molecule has 0 radical (unpaired) electrons. The Kier molecular flexibility index (Phi) is 5.86. The molecule has 17 heavy (non-hydrogen) atoms. The van der Waals surface area contributed by atoms with Crippen LogP contribution in [-0.2, 0) is 0 Å². The highest BCUT2D eigenvalue weighted by Gasteiger charge is 2.10. The van der Waals surface area contributed by atoms with Crippen LogP contribution in [0, 0.1) is 0 Å². The topological polar surface area (TPSA) is 23.5 Å². The lowest BCUT2D eigenvalue weighted by Gasteiger charge is -2.26. The van der Waals surface area contributed by atoms with Crippen LogP contribution in [0.2, 0.25) is 0 Å². The fraction of sp³-hybridized carbons (Fsp3) is 0.571. The second kappa shape index (κ2) is 6.92. The quantitative estimate of drug-likeness (QED) is 0.841. The molecule has 0 aliphatic carbocycles. The van der Waals surface area contributed by atoms with Crippen molar-refractivity contribution >= 4 is 17.4 Å². The van der Waals surface area contributed by atoms with Gasteiger partial charge in [0, 0.05) is 24.5 Å². The van der Waals surface area contributed by atoms with Gasteiger partial charge in [0.25, 0.3) is 0 Å². The molecule has 0 aliphatic heterocycles. The third-order valence-corrected chi connectivity index (χ3v) is 3.96. The molecular formula is C14H23NOS. The molecule has 0 saturated heterocycles. The van der Waals surface area contributed by atoms with Crippen LogP contribution >= 0.6 is 11.8 Å². The molecule has 0 aromatic heterocycles. The molecule has 3 heteroatoms. The molecule has 1 N–H and O–H groups in total. The molecule has 0 fully saturated rings. The van der Waals surface area contributed by atoms with Gasteiger partial charge in [0.1, 0.15) is 0 Å². The lowest BCUT2D eigenvalue weighted by Crippen LogP contribution is -2.30. The van der Waals surface area contributed by atoms with E-state index in [0.717, 1.165) is 17.7 Å². The number of aliphatic hydroxyl groups excluding tert-OH is 1. The molecule has 96 valence electrons. The second-order valence-electron chi connectivity index (χ2n) is 4.43. The first-order valence-corrected chi connectivity index (χ1v) is 7.49. The zero-order valence-corrected chi connectivity index (χ0v) is 12.0. The van der Waals surface area contributed by atoms with Crippen molar-refractivity contribution in [1.82, 2.24) is 0 Å². The zero-order chi connectivity index (χ0) is 12.8. The van der Waals surface area contributed by atoms with Crippen LogP contribution in [0.4, 0.5) is 5.69 Å². The van der Waals surface area contributed by atoms with Crippen molar-refractivity contribution in [3.8, 4) is 0 Å². The summed E-state index contributed by atoms with van der Waals surface area (Å²) in [5, 5.41) is 9.74. The van der Waals surface area contributed by atoms with Crippen LogP contribution in [0.25, 0.3) is 0 Å². The lowest BCUT2D eigenvalue weighted by molar-refractivity contribution is 0.173. The van der Waals surface area contributed by atoms with Gasteiger partial charge in [0.15, 0.2) is 0 Å². The molecule has 0 saturated carbocycles. The normalized spacial score (nSPS) is 14.4. The summed E-state index contributed by atoms with van der Waals surface area (Å²) in [5.41, 5.74) is 2.21. The Morgan fingerprint density at radius 1 is 1.29 bits per heavy atom. The highest BCUT2D eigenvalue weighted by Crippen LogP contribution is 2.22. The Morgan fingerprint density at radius 3 is 2.35 bits per heavy atom. The summed E-state index contributed by atoms with van der Waals surface area (Å²) in [7, 11) is 2.12. The second-order valence-corrected chi connectivity index (χ2v) is 5.34. The number of thioether (sulfide) groups is 1. The summed E-state index contributed by atoms with van der Waals surface area (Å²) < 4.78 is 0. The van der Waals surface area contributed by atoms with Gasteiger partial charge in [-0.25, -0.2) is 0 Å². The molecule has 1 aromatic carbocycles. The molecule has 0 heterocycles. The predicted molar refractivity (Wildman–Crippen MR) is 77.9 cm³/mol. The van der Waals surface area contributed by atoms with Crippen LogP contribution in [0.3, 0.4) is 0 Å². The number of nitrogens with zero attached hydrogens (tertiary/aromatic N) is 1.